The molecule has 1 aromatic rings. The molecule has 1 N–H and O–H groups in total. The molecule has 1 fully saturated rings. The number of alkyl halides is 3. The molecular weight excluding hydrogens is 309 g/mol. The number of likely N-dealkylation sites (tertiary alicyclic amines) is 1. The molecule has 0 saturated carbocycles. The van der Waals surface area contributed by atoms with Crippen LogP contribution in [0.5, 0.6) is 5.75 Å². The summed E-state index contributed by atoms with van der Waals surface area (Å²) in [5.74, 6) is -0.720. The number of amides is 1. The van der Waals surface area contributed by atoms with E-state index < -0.39 is 23.8 Å². The smallest absolute Gasteiger partial charge is 0.419 e. The Morgan fingerprint density at radius 2 is 1.91 bits per heavy atom. The molecule has 23 heavy (non-hydrogen) atoms. The second-order valence-corrected chi connectivity index (χ2v) is 5.84. The van der Waals surface area contributed by atoms with Crippen molar-refractivity contribution >= 4 is 5.91 Å². The number of benzene rings is 1. The first-order valence-electron chi connectivity index (χ1n) is 7.59. The van der Waals surface area contributed by atoms with Crippen LogP contribution in [-0.2, 0) is 11.0 Å². The standard InChI is InChI=1S/C16H21F3N2O2/c1-11(15(22)20-12-7-9-21(2)10-8-12)23-14-6-4-3-5-13(14)16(17,18)19/h3-6,11-12H,7-10H2,1-2H3,(H,20,22). The quantitative estimate of drug-likeness (QED) is 0.923. The van der Waals surface area contributed by atoms with Crippen molar-refractivity contribution in [2.75, 3.05) is 20.1 Å². The monoisotopic (exact) mass is 330 g/mol. The lowest BCUT2D eigenvalue weighted by Crippen LogP contribution is -2.47. The summed E-state index contributed by atoms with van der Waals surface area (Å²) in [5.41, 5.74) is -0.876. The maximum Gasteiger partial charge on any atom is 0.419 e. The van der Waals surface area contributed by atoms with Gasteiger partial charge in [-0.05, 0) is 52.0 Å². The lowest BCUT2D eigenvalue weighted by molar-refractivity contribution is -0.140. The molecule has 1 amide bonds. The van der Waals surface area contributed by atoms with Crippen molar-refractivity contribution in [3.63, 3.8) is 0 Å². The molecular formula is C16H21F3N2O2. The summed E-state index contributed by atoms with van der Waals surface area (Å²) in [6, 6.07) is 4.95. The van der Waals surface area contributed by atoms with E-state index in [2.05, 4.69) is 10.2 Å². The van der Waals surface area contributed by atoms with E-state index >= 15 is 0 Å². The van der Waals surface area contributed by atoms with Gasteiger partial charge in [0.15, 0.2) is 6.10 Å². The van der Waals surface area contributed by atoms with Gasteiger partial charge in [-0.15, -0.1) is 0 Å². The zero-order valence-electron chi connectivity index (χ0n) is 13.2. The van der Waals surface area contributed by atoms with Crippen molar-refractivity contribution in [1.29, 1.82) is 0 Å². The Kier molecular flexibility index (Phi) is 5.51. The Labute approximate surface area is 133 Å². The first-order valence-corrected chi connectivity index (χ1v) is 7.59. The number of piperidine rings is 1. The first kappa shape index (κ1) is 17.6. The second kappa shape index (κ2) is 7.21. The highest BCUT2D eigenvalue weighted by molar-refractivity contribution is 5.81. The molecule has 0 bridgehead atoms. The maximum absolute atomic E-state index is 12.9. The van der Waals surface area contributed by atoms with Crippen LogP contribution in [0.4, 0.5) is 13.2 Å². The van der Waals surface area contributed by atoms with Crippen molar-refractivity contribution < 1.29 is 22.7 Å². The summed E-state index contributed by atoms with van der Waals surface area (Å²) >= 11 is 0. The number of ether oxygens (including phenoxy) is 1. The van der Waals surface area contributed by atoms with Gasteiger partial charge in [0.05, 0.1) is 5.56 Å². The Bertz CT molecular complexity index is 540. The van der Waals surface area contributed by atoms with E-state index in [0.717, 1.165) is 32.0 Å². The van der Waals surface area contributed by atoms with Gasteiger partial charge in [0.2, 0.25) is 0 Å². The van der Waals surface area contributed by atoms with Gasteiger partial charge in [-0.2, -0.15) is 13.2 Å². The molecule has 0 spiro atoms. The van der Waals surface area contributed by atoms with Crippen LogP contribution in [-0.4, -0.2) is 43.1 Å². The van der Waals surface area contributed by atoms with E-state index in [0.29, 0.717) is 0 Å². The maximum atomic E-state index is 12.9. The molecule has 0 radical (unpaired) electrons. The van der Waals surface area contributed by atoms with E-state index in [9.17, 15) is 18.0 Å². The minimum absolute atomic E-state index is 0.0441. The van der Waals surface area contributed by atoms with E-state index in [-0.39, 0.29) is 11.8 Å². The van der Waals surface area contributed by atoms with Crippen LogP contribution in [0, 0.1) is 0 Å². The summed E-state index contributed by atoms with van der Waals surface area (Å²) in [6.07, 6.45) is -3.85. The summed E-state index contributed by atoms with van der Waals surface area (Å²) in [4.78, 5) is 14.3. The van der Waals surface area contributed by atoms with Crippen molar-refractivity contribution in [3.8, 4) is 5.75 Å². The lowest BCUT2D eigenvalue weighted by atomic mass is 10.1. The van der Waals surface area contributed by atoms with Crippen LogP contribution >= 0.6 is 0 Å². The molecule has 0 aromatic heterocycles. The van der Waals surface area contributed by atoms with Gasteiger partial charge in [0.1, 0.15) is 5.75 Å². The fourth-order valence-electron chi connectivity index (χ4n) is 2.52. The van der Waals surface area contributed by atoms with Crippen LogP contribution < -0.4 is 10.1 Å². The number of carbonyl (C=O) groups excluding carboxylic acids is 1. The van der Waals surface area contributed by atoms with E-state index in [1.807, 2.05) is 7.05 Å². The highest BCUT2D eigenvalue weighted by Crippen LogP contribution is 2.36. The number of para-hydroxylation sites is 1. The van der Waals surface area contributed by atoms with Crippen molar-refractivity contribution in [2.45, 2.75) is 38.1 Å². The fraction of sp³-hybridized carbons (Fsp3) is 0.562. The molecule has 1 unspecified atom stereocenters. The summed E-state index contributed by atoms with van der Waals surface area (Å²) in [5, 5.41) is 2.85. The van der Waals surface area contributed by atoms with Crippen LogP contribution in [0.2, 0.25) is 0 Å². The lowest BCUT2D eigenvalue weighted by Gasteiger charge is -2.30. The van der Waals surface area contributed by atoms with Crippen molar-refractivity contribution in [2.24, 2.45) is 0 Å². The third-order valence-electron chi connectivity index (χ3n) is 3.93. The number of hydrogen-bond acceptors (Lipinski definition) is 3. The predicted molar refractivity (Wildman–Crippen MR) is 80.2 cm³/mol. The molecule has 2 rings (SSSR count). The Balaban J connectivity index is 1.96. The van der Waals surface area contributed by atoms with E-state index in [1.165, 1.54) is 25.1 Å². The molecule has 4 nitrogen and oxygen atoms in total. The molecule has 7 heteroatoms. The highest BCUT2D eigenvalue weighted by atomic mass is 19.4. The van der Waals surface area contributed by atoms with Crippen LogP contribution in [0.15, 0.2) is 24.3 Å². The predicted octanol–water partition coefficient (Wildman–Crippen LogP) is 2.68. The minimum Gasteiger partial charge on any atom is -0.480 e. The summed E-state index contributed by atoms with van der Waals surface area (Å²) < 4.78 is 44.0. The topological polar surface area (TPSA) is 41.6 Å². The Morgan fingerprint density at radius 1 is 1.30 bits per heavy atom. The van der Waals surface area contributed by atoms with Crippen molar-refractivity contribution in [1.82, 2.24) is 10.2 Å². The average Bonchev–Trinajstić information content (AvgIpc) is 2.49. The van der Waals surface area contributed by atoms with Gasteiger partial charge in [0.25, 0.3) is 5.91 Å². The third kappa shape index (κ3) is 4.86. The molecule has 1 aliphatic heterocycles. The zero-order chi connectivity index (χ0) is 17.0. The number of hydrogen-bond donors (Lipinski definition) is 1. The van der Waals surface area contributed by atoms with Crippen molar-refractivity contribution in [3.05, 3.63) is 29.8 Å². The van der Waals surface area contributed by atoms with Crippen LogP contribution in [0.3, 0.4) is 0 Å². The number of halogens is 3. The molecule has 0 aliphatic carbocycles. The Morgan fingerprint density at radius 3 is 2.52 bits per heavy atom. The third-order valence-corrected chi connectivity index (χ3v) is 3.93. The largest absolute Gasteiger partial charge is 0.480 e. The summed E-state index contributed by atoms with van der Waals surface area (Å²) in [6.45, 7) is 3.23. The molecule has 1 saturated heterocycles. The zero-order valence-corrected chi connectivity index (χ0v) is 13.2. The number of carbonyl (C=O) groups is 1. The van der Waals surface area contributed by atoms with E-state index in [4.69, 9.17) is 4.74 Å². The number of nitrogens with one attached hydrogen (secondary N) is 1. The molecule has 1 aliphatic rings. The molecule has 1 heterocycles. The molecule has 1 aromatic carbocycles. The molecule has 128 valence electrons. The average molecular weight is 330 g/mol. The molecule has 1 atom stereocenters. The second-order valence-electron chi connectivity index (χ2n) is 5.84. The first-order chi connectivity index (χ1) is 10.8. The normalized spacial score (nSPS) is 18.5. The van der Waals surface area contributed by atoms with Crippen LogP contribution in [0.1, 0.15) is 25.3 Å². The van der Waals surface area contributed by atoms with Gasteiger partial charge < -0.3 is 15.0 Å². The van der Waals surface area contributed by atoms with Gasteiger partial charge in [-0.1, -0.05) is 12.1 Å². The number of nitrogens with zero attached hydrogens (tertiary/aromatic N) is 1. The SMILES string of the molecule is CC(Oc1ccccc1C(F)(F)F)C(=O)NC1CCN(C)CC1. The van der Waals surface area contributed by atoms with Gasteiger partial charge >= 0.3 is 6.18 Å². The highest BCUT2D eigenvalue weighted by Gasteiger charge is 2.35. The fourth-order valence-corrected chi connectivity index (χ4v) is 2.52. The van der Waals surface area contributed by atoms with Gasteiger partial charge in [-0.3, -0.25) is 4.79 Å². The van der Waals surface area contributed by atoms with Gasteiger partial charge in [0, 0.05) is 6.04 Å². The number of rotatable bonds is 4. The minimum atomic E-state index is -4.51. The Hall–Kier alpha value is -1.76. The van der Waals surface area contributed by atoms with Gasteiger partial charge in [-0.25, -0.2) is 0 Å². The van der Waals surface area contributed by atoms with Crippen LogP contribution in [0.25, 0.3) is 0 Å². The van der Waals surface area contributed by atoms with E-state index in [1.54, 1.807) is 0 Å². The summed E-state index contributed by atoms with van der Waals surface area (Å²) in [7, 11) is 2.01.